The normalized spacial score (nSPS) is 36.2. The van der Waals surface area contributed by atoms with E-state index in [1.807, 2.05) is 0 Å². The molecule has 0 spiro atoms. The molecule has 2 aliphatic heterocycles. The molecule has 2 aliphatic rings. The molecule has 12 heteroatoms. The van der Waals surface area contributed by atoms with Crippen molar-refractivity contribution >= 4 is 19.7 Å². The lowest BCUT2D eigenvalue weighted by Crippen LogP contribution is -2.52. The molecular weight excluding hydrogens is 350 g/mol. The van der Waals surface area contributed by atoms with Crippen LogP contribution in [0.4, 0.5) is 26.3 Å². The molecule has 2 atom stereocenters. The maximum atomic E-state index is 12.8. The Balaban J connectivity index is 0.000000262. The SMILES string of the molecule is O=S1(=O)CC(F)(F)C(F)(C(F)F)C1F.O=S1(=O)CCCC1. The van der Waals surface area contributed by atoms with Crippen LogP contribution in [0, 0.1) is 0 Å². The maximum absolute atomic E-state index is 12.8. The Morgan fingerprint density at radius 2 is 1.38 bits per heavy atom. The van der Waals surface area contributed by atoms with Crippen molar-refractivity contribution in [3.63, 3.8) is 0 Å². The van der Waals surface area contributed by atoms with Crippen LogP contribution >= 0.6 is 0 Å². The van der Waals surface area contributed by atoms with E-state index in [0.29, 0.717) is 11.5 Å². The quantitative estimate of drug-likeness (QED) is 0.663. The van der Waals surface area contributed by atoms with Crippen LogP contribution in [0.25, 0.3) is 0 Å². The number of alkyl halides is 6. The van der Waals surface area contributed by atoms with Gasteiger partial charge in [0.2, 0.25) is 5.50 Å². The minimum Gasteiger partial charge on any atom is -0.229 e. The van der Waals surface area contributed by atoms with Gasteiger partial charge in [0.15, 0.2) is 9.84 Å². The molecule has 0 N–H and O–H groups in total. The van der Waals surface area contributed by atoms with E-state index in [9.17, 15) is 43.2 Å². The number of halogens is 6. The van der Waals surface area contributed by atoms with Gasteiger partial charge < -0.3 is 0 Å². The van der Waals surface area contributed by atoms with E-state index in [2.05, 4.69) is 0 Å². The minimum absolute atomic E-state index is 0.424. The van der Waals surface area contributed by atoms with Crippen LogP contribution in [0.3, 0.4) is 0 Å². The highest BCUT2D eigenvalue weighted by atomic mass is 32.2. The van der Waals surface area contributed by atoms with Crippen LogP contribution in [-0.2, 0) is 19.7 Å². The van der Waals surface area contributed by atoms with Crippen molar-refractivity contribution in [1.29, 1.82) is 0 Å². The Kier molecular flexibility index (Phi) is 4.94. The third-order valence-electron chi connectivity index (χ3n) is 3.07. The lowest BCUT2D eigenvalue weighted by Gasteiger charge is -2.25. The van der Waals surface area contributed by atoms with Crippen molar-refractivity contribution in [3.8, 4) is 0 Å². The van der Waals surface area contributed by atoms with Gasteiger partial charge in [-0.2, -0.15) is 0 Å². The third-order valence-corrected chi connectivity index (χ3v) is 6.63. The predicted molar refractivity (Wildman–Crippen MR) is 61.4 cm³/mol. The zero-order valence-corrected chi connectivity index (χ0v) is 12.0. The Morgan fingerprint density at radius 1 is 0.952 bits per heavy atom. The van der Waals surface area contributed by atoms with E-state index in [0.717, 1.165) is 12.8 Å². The first kappa shape index (κ1) is 18.5. The fourth-order valence-corrected chi connectivity index (χ4v) is 5.03. The van der Waals surface area contributed by atoms with Crippen molar-refractivity contribution in [2.45, 2.75) is 36.4 Å². The molecule has 0 bridgehead atoms. The first-order chi connectivity index (χ1) is 9.26. The van der Waals surface area contributed by atoms with Gasteiger partial charge in [-0.05, 0) is 12.8 Å². The molecule has 126 valence electrons. The van der Waals surface area contributed by atoms with Gasteiger partial charge >= 0.3 is 5.92 Å². The van der Waals surface area contributed by atoms with Gasteiger partial charge in [0.25, 0.3) is 12.1 Å². The molecule has 21 heavy (non-hydrogen) atoms. The third kappa shape index (κ3) is 3.46. The van der Waals surface area contributed by atoms with E-state index >= 15 is 0 Å². The number of sulfone groups is 2. The standard InChI is InChI=1S/C5H4F6O2S.C4H8O2S/c6-2(7)5(11)3(8)14(12,13)1-4(5,9)10;5-7(6)3-1-2-4-7/h2-3H,1H2;1-4H2. The second-order valence-corrected chi connectivity index (χ2v) is 9.09. The number of hydrogen-bond donors (Lipinski definition) is 0. The van der Waals surface area contributed by atoms with Crippen LogP contribution in [0.1, 0.15) is 12.8 Å². The minimum atomic E-state index is -5.16. The summed E-state index contributed by atoms with van der Waals surface area (Å²) in [6.45, 7) is 0. The average Bonchev–Trinajstić information content (AvgIpc) is 2.74. The molecule has 0 saturated carbocycles. The second kappa shape index (κ2) is 5.60. The summed E-state index contributed by atoms with van der Waals surface area (Å²) >= 11 is 0. The topological polar surface area (TPSA) is 68.3 Å². The van der Waals surface area contributed by atoms with Gasteiger partial charge in [-0.1, -0.05) is 0 Å². The van der Waals surface area contributed by atoms with E-state index in [4.69, 9.17) is 0 Å². The average molecular weight is 362 g/mol. The van der Waals surface area contributed by atoms with Crippen LogP contribution in [-0.4, -0.2) is 57.6 Å². The summed E-state index contributed by atoms with van der Waals surface area (Å²) in [5.74, 6) is -6.29. The highest BCUT2D eigenvalue weighted by molar-refractivity contribution is 7.92. The number of rotatable bonds is 1. The van der Waals surface area contributed by atoms with Crippen molar-refractivity contribution < 1.29 is 43.2 Å². The molecule has 2 heterocycles. The van der Waals surface area contributed by atoms with E-state index < -0.39 is 48.9 Å². The van der Waals surface area contributed by atoms with Gasteiger partial charge in [-0.15, -0.1) is 0 Å². The molecule has 2 fully saturated rings. The Labute approximate surface area is 117 Å². The monoisotopic (exact) mass is 362 g/mol. The summed E-state index contributed by atoms with van der Waals surface area (Å²) in [5.41, 5.74) is -8.82. The summed E-state index contributed by atoms with van der Waals surface area (Å²) < 4.78 is 116. The van der Waals surface area contributed by atoms with Gasteiger partial charge in [0.05, 0.1) is 11.5 Å². The molecule has 4 nitrogen and oxygen atoms in total. The fraction of sp³-hybridized carbons (Fsp3) is 1.00. The van der Waals surface area contributed by atoms with Crippen molar-refractivity contribution in [2.24, 2.45) is 0 Å². The van der Waals surface area contributed by atoms with Crippen LogP contribution < -0.4 is 0 Å². The summed E-state index contributed by atoms with van der Waals surface area (Å²) in [7, 11) is -7.70. The molecule has 0 aromatic carbocycles. The largest absolute Gasteiger partial charge is 0.305 e. The second-order valence-electron chi connectivity index (χ2n) is 4.76. The summed E-state index contributed by atoms with van der Waals surface area (Å²) in [6.07, 6.45) is -2.64. The molecule has 0 radical (unpaired) electrons. The predicted octanol–water partition coefficient (Wildman–Crippen LogP) is 1.51. The van der Waals surface area contributed by atoms with Crippen LogP contribution in [0.2, 0.25) is 0 Å². The number of hydrogen-bond acceptors (Lipinski definition) is 4. The van der Waals surface area contributed by atoms with E-state index in [1.54, 1.807) is 0 Å². The fourth-order valence-electron chi connectivity index (χ4n) is 1.87. The van der Waals surface area contributed by atoms with Crippen molar-refractivity contribution in [1.82, 2.24) is 0 Å². The Bertz CT molecular complexity index is 575. The zero-order valence-electron chi connectivity index (χ0n) is 10.4. The van der Waals surface area contributed by atoms with Gasteiger partial charge in [0.1, 0.15) is 15.6 Å². The van der Waals surface area contributed by atoms with Gasteiger partial charge in [0, 0.05) is 0 Å². The molecule has 0 aromatic rings. The van der Waals surface area contributed by atoms with E-state index in [-0.39, 0.29) is 0 Å². The van der Waals surface area contributed by atoms with Crippen LogP contribution in [0.15, 0.2) is 0 Å². The lowest BCUT2D eigenvalue weighted by atomic mass is 10.0. The van der Waals surface area contributed by atoms with E-state index in [1.165, 1.54) is 0 Å². The lowest BCUT2D eigenvalue weighted by molar-refractivity contribution is -0.189. The van der Waals surface area contributed by atoms with Gasteiger partial charge in [-0.25, -0.2) is 43.2 Å². The Morgan fingerprint density at radius 3 is 1.52 bits per heavy atom. The molecule has 0 aliphatic carbocycles. The smallest absolute Gasteiger partial charge is 0.229 e. The van der Waals surface area contributed by atoms with Crippen molar-refractivity contribution in [2.75, 3.05) is 17.3 Å². The molecule has 2 rings (SSSR count). The highest BCUT2D eigenvalue weighted by Gasteiger charge is 2.76. The molecule has 2 unspecified atom stereocenters. The summed E-state index contributed by atoms with van der Waals surface area (Å²) in [5, 5.41) is 0. The molecular formula is C9H12F6O4S2. The van der Waals surface area contributed by atoms with Crippen LogP contribution in [0.5, 0.6) is 0 Å². The first-order valence-corrected chi connectivity index (χ1v) is 9.21. The zero-order chi connectivity index (χ0) is 16.7. The van der Waals surface area contributed by atoms with Crippen molar-refractivity contribution in [3.05, 3.63) is 0 Å². The highest BCUT2D eigenvalue weighted by Crippen LogP contribution is 2.50. The summed E-state index contributed by atoms with van der Waals surface area (Å²) in [4.78, 5) is 0. The molecule has 0 amide bonds. The molecule has 2 saturated heterocycles. The summed E-state index contributed by atoms with van der Waals surface area (Å²) in [6, 6.07) is 0. The first-order valence-electron chi connectivity index (χ1n) is 5.67. The maximum Gasteiger partial charge on any atom is 0.305 e. The Hall–Kier alpha value is -0.520. The molecule has 0 aromatic heterocycles. The van der Waals surface area contributed by atoms with Gasteiger partial charge in [-0.3, -0.25) is 0 Å².